The predicted octanol–water partition coefficient (Wildman–Crippen LogP) is 2.75. The number of fused-ring (bicyclic) bond motifs is 1. The summed E-state index contributed by atoms with van der Waals surface area (Å²) in [6.45, 7) is 1.91. The molecule has 174 valence electrons. The molecule has 1 atom stereocenters. The second-order valence-corrected chi connectivity index (χ2v) is 10.4. The summed E-state index contributed by atoms with van der Waals surface area (Å²) in [5.74, 6) is -0.114. The summed E-state index contributed by atoms with van der Waals surface area (Å²) >= 11 is 0. The molecule has 0 saturated heterocycles. The van der Waals surface area contributed by atoms with Gasteiger partial charge in [-0.05, 0) is 47.9 Å². The Bertz CT molecular complexity index is 1560. The highest BCUT2D eigenvalue weighted by molar-refractivity contribution is 7.90. The van der Waals surface area contributed by atoms with Gasteiger partial charge < -0.3 is 5.32 Å². The molecule has 0 radical (unpaired) electrons. The molecule has 0 spiro atoms. The van der Waals surface area contributed by atoms with Gasteiger partial charge in [0, 0.05) is 18.9 Å². The summed E-state index contributed by atoms with van der Waals surface area (Å²) in [6, 6.07) is 12.4. The third kappa shape index (κ3) is 3.98. The Balaban J connectivity index is 1.57. The van der Waals surface area contributed by atoms with Crippen molar-refractivity contribution in [3.8, 4) is 11.1 Å². The number of hydrogen-bond donors (Lipinski definition) is 1. The molecule has 4 aromatic rings. The van der Waals surface area contributed by atoms with Crippen molar-refractivity contribution in [2.45, 2.75) is 18.7 Å². The topological polar surface area (TPSA) is 112 Å². The van der Waals surface area contributed by atoms with Gasteiger partial charge in [0.25, 0.3) is 5.56 Å². The Kier molecular flexibility index (Phi) is 5.28. The van der Waals surface area contributed by atoms with Gasteiger partial charge in [-0.25, -0.2) is 17.5 Å². The maximum atomic E-state index is 13.5. The van der Waals surface area contributed by atoms with Crippen molar-refractivity contribution >= 4 is 21.5 Å². The molecule has 1 aliphatic heterocycles. The number of rotatable bonds is 4. The van der Waals surface area contributed by atoms with E-state index in [-0.39, 0.29) is 17.1 Å². The zero-order valence-corrected chi connectivity index (χ0v) is 19.3. The molecule has 9 nitrogen and oxygen atoms in total. The number of nitrogens with zero attached hydrogens (tertiary/aromatic N) is 5. The van der Waals surface area contributed by atoms with Crippen LogP contribution in [-0.2, 0) is 22.6 Å². The Morgan fingerprint density at radius 2 is 1.85 bits per heavy atom. The Morgan fingerprint density at radius 1 is 1.09 bits per heavy atom. The first-order valence-corrected chi connectivity index (χ1v) is 12.3. The number of aryl methyl sites for hydroxylation is 2. The van der Waals surface area contributed by atoms with E-state index in [1.807, 2.05) is 25.1 Å². The minimum absolute atomic E-state index is 0.148. The van der Waals surface area contributed by atoms with Gasteiger partial charge in [0.05, 0.1) is 17.4 Å². The van der Waals surface area contributed by atoms with E-state index in [0.29, 0.717) is 34.2 Å². The van der Waals surface area contributed by atoms with E-state index in [1.54, 1.807) is 36.0 Å². The van der Waals surface area contributed by atoms with Crippen molar-refractivity contribution in [1.82, 2.24) is 24.5 Å². The minimum atomic E-state index is -3.41. The van der Waals surface area contributed by atoms with Crippen LogP contribution >= 0.6 is 0 Å². The molecule has 0 amide bonds. The van der Waals surface area contributed by atoms with Crippen LogP contribution in [0.1, 0.15) is 23.0 Å². The molecule has 1 N–H and O–H groups in total. The molecule has 0 saturated carbocycles. The summed E-state index contributed by atoms with van der Waals surface area (Å²) in [5.41, 5.74) is 3.20. The number of nitrogens with one attached hydrogen (secondary N) is 1. The molecule has 1 unspecified atom stereocenters. The van der Waals surface area contributed by atoms with E-state index in [0.717, 1.165) is 5.56 Å². The van der Waals surface area contributed by atoms with Crippen LogP contribution in [0.15, 0.2) is 59.5 Å². The number of hydrogen-bond acceptors (Lipinski definition) is 7. The van der Waals surface area contributed by atoms with E-state index in [4.69, 9.17) is 0 Å². The van der Waals surface area contributed by atoms with Crippen molar-refractivity contribution in [2.75, 3.05) is 11.1 Å². The maximum absolute atomic E-state index is 13.5. The monoisotopic (exact) mass is 480 g/mol. The van der Waals surface area contributed by atoms with Crippen LogP contribution < -0.4 is 10.9 Å². The van der Waals surface area contributed by atoms with Crippen LogP contribution in [0.2, 0.25) is 0 Å². The Labute approximate surface area is 194 Å². The van der Waals surface area contributed by atoms with Gasteiger partial charge in [0.15, 0.2) is 9.84 Å². The van der Waals surface area contributed by atoms with Crippen molar-refractivity contribution in [3.63, 3.8) is 0 Å². The highest BCUT2D eigenvalue weighted by atomic mass is 32.2. The summed E-state index contributed by atoms with van der Waals surface area (Å²) in [6.07, 6.45) is 1.56. The lowest BCUT2D eigenvalue weighted by atomic mass is 10.0. The lowest BCUT2D eigenvalue weighted by molar-refractivity contribution is 0.543. The lowest BCUT2D eigenvalue weighted by Gasteiger charge is -2.26. The normalized spacial score (nSPS) is 16.7. The molecule has 0 fully saturated rings. The number of sulfone groups is 1. The molecule has 5 rings (SSSR count). The van der Waals surface area contributed by atoms with E-state index in [9.17, 15) is 17.6 Å². The quantitative estimate of drug-likeness (QED) is 0.478. The minimum Gasteiger partial charge on any atom is -0.324 e. The molecule has 2 aromatic heterocycles. The molecule has 11 heteroatoms. The zero-order valence-electron chi connectivity index (χ0n) is 18.4. The van der Waals surface area contributed by atoms with Gasteiger partial charge in [-0.15, -0.1) is 10.2 Å². The van der Waals surface area contributed by atoms with Crippen LogP contribution in [-0.4, -0.2) is 38.7 Å². The highest BCUT2D eigenvalue weighted by Gasteiger charge is 2.34. The number of benzene rings is 2. The fourth-order valence-electron chi connectivity index (χ4n) is 4.11. The molecule has 0 bridgehead atoms. The average molecular weight is 481 g/mol. The summed E-state index contributed by atoms with van der Waals surface area (Å²) in [7, 11) is -1.82. The molecular formula is C23H21FN6O3S. The Hall–Kier alpha value is -3.86. The molecule has 34 heavy (non-hydrogen) atoms. The van der Waals surface area contributed by atoms with Crippen LogP contribution in [0.5, 0.6) is 0 Å². The second kappa shape index (κ2) is 8.17. The number of aromatic nitrogens is 5. The van der Waals surface area contributed by atoms with Gasteiger partial charge in [-0.3, -0.25) is 9.36 Å². The van der Waals surface area contributed by atoms with Crippen molar-refractivity contribution in [2.24, 2.45) is 7.05 Å². The second-order valence-electron chi connectivity index (χ2n) is 8.26. The molecule has 0 aliphatic carbocycles. The summed E-state index contributed by atoms with van der Waals surface area (Å²) < 4.78 is 41.6. The highest BCUT2D eigenvalue weighted by Crippen LogP contribution is 2.33. The van der Waals surface area contributed by atoms with Crippen molar-refractivity contribution in [3.05, 3.63) is 87.9 Å². The fourth-order valence-corrected chi connectivity index (χ4v) is 5.64. The van der Waals surface area contributed by atoms with E-state index in [2.05, 4.69) is 20.6 Å². The van der Waals surface area contributed by atoms with Crippen molar-refractivity contribution in [1.29, 1.82) is 0 Å². The average Bonchev–Trinajstić information content (AvgIpc) is 3.18. The lowest BCUT2D eigenvalue weighted by Crippen LogP contribution is -2.30. The smallest absolute Gasteiger partial charge is 0.274 e. The zero-order chi connectivity index (χ0) is 24.0. The van der Waals surface area contributed by atoms with Gasteiger partial charge in [-0.2, -0.15) is 5.10 Å². The number of halogens is 1. The van der Waals surface area contributed by atoms with Crippen molar-refractivity contribution < 1.29 is 12.8 Å². The van der Waals surface area contributed by atoms with Crippen LogP contribution in [0.25, 0.3) is 11.1 Å². The predicted molar refractivity (Wildman–Crippen MR) is 125 cm³/mol. The summed E-state index contributed by atoms with van der Waals surface area (Å²) in [4.78, 5) is 12.5. The first-order chi connectivity index (χ1) is 16.2. The largest absolute Gasteiger partial charge is 0.324 e. The van der Waals surface area contributed by atoms with Gasteiger partial charge in [0.2, 0.25) is 5.95 Å². The van der Waals surface area contributed by atoms with Gasteiger partial charge in [-0.1, -0.05) is 24.3 Å². The van der Waals surface area contributed by atoms with Gasteiger partial charge in [0.1, 0.15) is 17.4 Å². The molecule has 1 aliphatic rings. The molecular weight excluding hydrogens is 459 g/mol. The van der Waals surface area contributed by atoms with Gasteiger partial charge >= 0.3 is 0 Å². The van der Waals surface area contributed by atoms with Crippen LogP contribution in [0.3, 0.4) is 0 Å². The third-order valence-corrected chi connectivity index (χ3v) is 7.42. The number of anilines is 2. The molecule has 2 aromatic carbocycles. The van der Waals surface area contributed by atoms with Crippen LogP contribution in [0, 0.1) is 12.7 Å². The van der Waals surface area contributed by atoms with E-state index >= 15 is 0 Å². The standard InChI is InChI=1S/C23H21FN6O3S/c1-14-3-4-16(18-9-10-25-29(2)22(18)31)11-19(14)26-23-28-27-21-13-34(32,33)12-20(30(21)23)15-5-7-17(24)8-6-15/h3-11,20H,12-13H2,1-2H3,(H,26,28). The van der Waals surface area contributed by atoms with E-state index in [1.165, 1.54) is 16.8 Å². The van der Waals surface area contributed by atoms with Crippen LogP contribution in [0.4, 0.5) is 16.0 Å². The maximum Gasteiger partial charge on any atom is 0.274 e. The third-order valence-electron chi connectivity index (χ3n) is 5.89. The first-order valence-electron chi connectivity index (χ1n) is 10.5. The summed E-state index contributed by atoms with van der Waals surface area (Å²) in [5, 5.41) is 15.5. The SMILES string of the molecule is Cc1ccc(-c2ccnn(C)c2=O)cc1Nc1nnc2n1C(c1ccc(F)cc1)CS(=O)(=O)C2. The molecule has 3 heterocycles. The van der Waals surface area contributed by atoms with E-state index < -0.39 is 21.7 Å². The fraction of sp³-hybridized carbons (Fsp3) is 0.217. The first kappa shape index (κ1) is 22.0. The Morgan fingerprint density at radius 3 is 2.62 bits per heavy atom.